The standard InChI is InChI=1S/C22H28N2O/c1-17-6-7-20(14-18(17)2)15-22(25)23-16-19-8-10-21(11-9-19)24-12-4-3-5-13-24/h6-11,14H,3-5,12-13,15-16H2,1-2H3,(H,23,25). The number of carbonyl (C=O) groups excluding carboxylic acids is 1. The molecule has 0 saturated carbocycles. The summed E-state index contributed by atoms with van der Waals surface area (Å²) in [7, 11) is 0. The van der Waals surface area contributed by atoms with Gasteiger partial charge in [0.15, 0.2) is 0 Å². The first-order valence-electron chi connectivity index (χ1n) is 9.28. The zero-order chi connectivity index (χ0) is 17.6. The Labute approximate surface area is 151 Å². The van der Waals surface area contributed by atoms with Crippen LogP contribution in [0.1, 0.15) is 41.5 Å². The predicted octanol–water partition coefficient (Wildman–Crippen LogP) is 4.15. The fraction of sp³-hybridized carbons (Fsp3) is 0.409. The van der Waals surface area contributed by atoms with Gasteiger partial charge in [-0.1, -0.05) is 30.3 Å². The van der Waals surface area contributed by atoms with Gasteiger partial charge < -0.3 is 10.2 Å². The number of piperidine rings is 1. The lowest BCUT2D eigenvalue weighted by molar-refractivity contribution is -0.120. The molecule has 25 heavy (non-hydrogen) atoms. The molecule has 1 N–H and O–H groups in total. The number of amides is 1. The lowest BCUT2D eigenvalue weighted by atomic mass is 10.0. The van der Waals surface area contributed by atoms with Gasteiger partial charge in [0.2, 0.25) is 5.91 Å². The molecule has 1 saturated heterocycles. The van der Waals surface area contributed by atoms with Crippen LogP contribution in [0.15, 0.2) is 42.5 Å². The smallest absolute Gasteiger partial charge is 0.224 e. The highest BCUT2D eigenvalue weighted by molar-refractivity contribution is 5.78. The second-order valence-corrected chi connectivity index (χ2v) is 7.09. The van der Waals surface area contributed by atoms with E-state index in [0.717, 1.165) is 24.2 Å². The number of hydrogen-bond acceptors (Lipinski definition) is 2. The summed E-state index contributed by atoms with van der Waals surface area (Å²) in [5.74, 6) is 0.0726. The molecule has 2 aromatic rings. The molecule has 0 unspecified atom stereocenters. The van der Waals surface area contributed by atoms with Crippen LogP contribution in [0.3, 0.4) is 0 Å². The van der Waals surface area contributed by atoms with Gasteiger partial charge in [0.05, 0.1) is 6.42 Å². The first-order chi connectivity index (χ1) is 12.1. The minimum Gasteiger partial charge on any atom is -0.372 e. The average molecular weight is 336 g/mol. The van der Waals surface area contributed by atoms with Crippen molar-refractivity contribution in [3.63, 3.8) is 0 Å². The van der Waals surface area contributed by atoms with Crippen LogP contribution in [-0.2, 0) is 17.8 Å². The predicted molar refractivity (Wildman–Crippen MR) is 104 cm³/mol. The van der Waals surface area contributed by atoms with Crippen LogP contribution in [0.4, 0.5) is 5.69 Å². The molecule has 0 aromatic heterocycles. The molecule has 0 aliphatic carbocycles. The summed E-state index contributed by atoms with van der Waals surface area (Å²) in [5.41, 5.74) is 6.01. The summed E-state index contributed by atoms with van der Waals surface area (Å²) in [6, 6.07) is 14.8. The Morgan fingerprint density at radius 1 is 0.920 bits per heavy atom. The van der Waals surface area contributed by atoms with Crippen molar-refractivity contribution in [1.82, 2.24) is 5.32 Å². The molecule has 1 fully saturated rings. The second kappa shape index (κ2) is 8.19. The molecule has 0 atom stereocenters. The van der Waals surface area contributed by atoms with Crippen molar-refractivity contribution in [3.8, 4) is 0 Å². The fourth-order valence-corrected chi connectivity index (χ4v) is 3.34. The van der Waals surface area contributed by atoms with Gasteiger partial charge in [-0.05, 0) is 67.5 Å². The molecule has 1 aliphatic heterocycles. The van der Waals surface area contributed by atoms with E-state index in [1.165, 1.54) is 36.1 Å². The van der Waals surface area contributed by atoms with Gasteiger partial charge in [0, 0.05) is 25.3 Å². The normalized spacial score (nSPS) is 14.4. The molecule has 1 aliphatic rings. The van der Waals surface area contributed by atoms with Crippen LogP contribution in [0.25, 0.3) is 0 Å². The summed E-state index contributed by atoms with van der Waals surface area (Å²) in [4.78, 5) is 14.6. The molecule has 1 amide bonds. The average Bonchev–Trinajstić information content (AvgIpc) is 2.64. The monoisotopic (exact) mass is 336 g/mol. The Bertz CT molecular complexity index is 715. The van der Waals surface area contributed by atoms with Crippen LogP contribution < -0.4 is 10.2 Å². The third-order valence-corrected chi connectivity index (χ3v) is 5.08. The van der Waals surface area contributed by atoms with Crippen LogP contribution in [0.2, 0.25) is 0 Å². The van der Waals surface area contributed by atoms with E-state index in [1.54, 1.807) is 0 Å². The summed E-state index contributed by atoms with van der Waals surface area (Å²) < 4.78 is 0. The quantitative estimate of drug-likeness (QED) is 0.889. The first kappa shape index (κ1) is 17.5. The molecule has 0 radical (unpaired) electrons. The van der Waals surface area contributed by atoms with E-state index in [2.05, 4.69) is 60.5 Å². The molecule has 1 heterocycles. The van der Waals surface area contributed by atoms with Gasteiger partial charge >= 0.3 is 0 Å². The van der Waals surface area contributed by atoms with Crippen molar-refractivity contribution in [3.05, 3.63) is 64.7 Å². The van der Waals surface area contributed by atoms with Crippen LogP contribution in [0, 0.1) is 13.8 Å². The zero-order valence-electron chi connectivity index (χ0n) is 15.3. The maximum Gasteiger partial charge on any atom is 0.224 e. The largest absolute Gasteiger partial charge is 0.372 e. The lowest BCUT2D eigenvalue weighted by Gasteiger charge is -2.28. The maximum atomic E-state index is 12.2. The molecule has 3 heteroatoms. The van der Waals surface area contributed by atoms with Crippen molar-refractivity contribution >= 4 is 11.6 Å². The number of hydrogen-bond donors (Lipinski definition) is 1. The van der Waals surface area contributed by atoms with E-state index in [-0.39, 0.29) is 5.91 Å². The molecule has 2 aromatic carbocycles. The number of nitrogens with one attached hydrogen (secondary N) is 1. The SMILES string of the molecule is Cc1ccc(CC(=O)NCc2ccc(N3CCCCC3)cc2)cc1C. The minimum absolute atomic E-state index is 0.0726. The highest BCUT2D eigenvalue weighted by Crippen LogP contribution is 2.20. The van der Waals surface area contributed by atoms with Gasteiger partial charge in [-0.2, -0.15) is 0 Å². The highest BCUT2D eigenvalue weighted by Gasteiger charge is 2.10. The third-order valence-electron chi connectivity index (χ3n) is 5.08. The van der Waals surface area contributed by atoms with E-state index in [1.807, 2.05) is 6.07 Å². The topological polar surface area (TPSA) is 32.3 Å². The van der Waals surface area contributed by atoms with Gasteiger partial charge in [-0.3, -0.25) is 4.79 Å². The van der Waals surface area contributed by atoms with Crippen LogP contribution in [0.5, 0.6) is 0 Å². The fourth-order valence-electron chi connectivity index (χ4n) is 3.34. The number of anilines is 1. The van der Waals surface area contributed by atoms with Crippen molar-refractivity contribution < 1.29 is 4.79 Å². The number of aryl methyl sites for hydroxylation is 2. The molecule has 0 spiro atoms. The molecular weight excluding hydrogens is 308 g/mol. The Morgan fingerprint density at radius 2 is 1.60 bits per heavy atom. The summed E-state index contributed by atoms with van der Waals surface area (Å²) in [5, 5.41) is 3.03. The number of rotatable bonds is 5. The van der Waals surface area contributed by atoms with Gasteiger partial charge in [0.1, 0.15) is 0 Å². The maximum absolute atomic E-state index is 12.2. The van der Waals surface area contributed by atoms with E-state index in [0.29, 0.717) is 13.0 Å². The van der Waals surface area contributed by atoms with Crippen LogP contribution >= 0.6 is 0 Å². The zero-order valence-corrected chi connectivity index (χ0v) is 15.3. The summed E-state index contributed by atoms with van der Waals surface area (Å²) >= 11 is 0. The Kier molecular flexibility index (Phi) is 5.75. The van der Waals surface area contributed by atoms with Gasteiger partial charge in [0.25, 0.3) is 0 Å². The molecular formula is C22H28N2O. The van der Waals surface area contributed by atoms with E-state index >= 15 is 0 Å². The molecule has 3 rings (SSSR count). The van der Waals surface area contributed by atoms with Crippen molar-refractivity contribution in [2.24, 2.45) is 0 Å². The van der Waals surface area contributed by atoms with E-state index in [9.17, 15) is 4.79 Å². The number of benzene rings is 2. The third kappa shape index (κ3) is 4.85. The van der Waals surface area contributed by atoms with Crippen molar-refractivity contribution in [2.75, 3.05) is 18.0 Å². The van der Waals surface area contributed by atoms with E-state index in [4.69, 9.17) is 0 Å². The highest BCUT2D eigenvalue weighted by atomic mass is 16.1. The Morgan fingerprint density at radius 3 is 2.28 bits per heavy atom. The van der Waals surface area contributed by atoms with Gasteiger partial charge in [-0.25, -0.2) is 0 Å². The number of nitrogens with zero attached hydrogens (tertiary/aromatic N) is 1. The second-order valence-electron chi connectivity index (χ2n) is 7.09. The molecule has 3 nitrogen and oxygen atoms in total. The summed E-state index contributed by atoms with van der Waals surface area (Å²) in [6.07, 6.45) is 4.36. The number of carbonyl (C=O) groups is 1. The van der Waals surface area contributed by atoms with Crippen molar-refractivity contribution in [1.29, 1.82) is 0 Å². The minimum atomic E-state index is 0.0726. The molecule has 0 bridgehead atoms. The summed E-state index contributed by atoms with van der Waals surface area (Å²) in [6.45, 7) is 7.08. The van der Waals surface area contributed by atoms with Crippen LogP contribution in [-0.4, -0.2) is 19.0 Å². The Hall–Kier alpha value is -2.29. The first-order valence-corrected chi connectivity index (χ1v) is 9.28. The molecule has 132 valence electrons. The lowest BCUT2D eigenvalue weighted by Crippen LogP contribution is -2.29. The van der Waals surface area contributed by atoms with Crippen molar-refractivity contribution in [2.45, 2.75) is 46.1 Å². The Balaban J connectivity index is 1.50. The van der Waals surface area contributed by atoms with E-state index < -0.39 is 0 Å². The van der Waals surface area contributed by atoms with Gasteiger partial charge in [-0.15, -0.1) is 0 Å².